The van der Waals surface area contributed by atoms with Crippen LogP contribution in [0, 0.1) is 0 Å². The van der Waals surface area contributed by atoms with Gasteiger partial charge in [0.25, 0.3) is 0 Å². The summed E-state index contributed by atoms with van der Waals surface area (Å²) in [5.41, 5.74) is 0.539. The van der Waals surface area contributed by atoms with Crippen LogP contribution >= 0.6 is 0 Å². The number of morpholine rings is 1. The number of rotatable bonds is 5. The zero-order valence-corrected chi connectivity index (χ0v) is 14.2. The number of anilines is 1. The third-order valence-electron chi connectivity index (χ3n) is 4.07. The highest BCUT2D eigenvalue weighted by atomic mass is 32.2. The molecule has 8 heteroatoms. The van der Waals surface area contributed by atoms with Crippen molar-refractivity contribution in [1.29, 1.82) is 0 Å². The second-order valence-corrected chi connectivity index (χ2v) is 7.92. The molecule has 128 valence electrons. The van der Waals surface area contributed by atoms with Gasteiger partial charge in [0.1, 0.15) is 11.8 Å². The zero-order chi connectivity index (χ0) is 16.3. The Balaban J connectivity index is 1.65. The Labute approximate surface area is 137 Å². The van der Waals surface area contributed by atoms with E-state index in [1.165, 1.54) is 4.31 Å². The van der Waals surface area contributed by atoms with Crippen molar-refractivity contribution in [3.63, 3.8) is 0 Å². The normalized spacial score (nSPS) is 22.5. The van der Waals surface area contributed by atoms with Crippen LogP contribution in [-0.2, 0) is 14.8 Å². The Morgan fingerprint density at radius 3 is 2.91 bits per heavy atom. The van der Waals surface area contributed by atoms with E-state index in [4.69, 9.17) is 9.47 Å². The maximum atomic E-state index is 12.7. The van der Waals surface area contributed by atoms with Gasteiger partial charge < -0.3 is 9.47 Å². The van der Waals surface area contributed by atoms with Gasteiger partial charge in [0.05, 0.1) is 25.5 Å². The third-order valence-corrected chi connectivity index (χ3v) is 5.89. The lowest BCUT2D eigenvalue weighted by Crippen LogP contribution is -2.44. The van der Waals surface area contributed by atoms with E-state index in [9.17, 15) is 8.42 Å². The second-order valence-electron chi connectivity index (χ2n) is 5.91. The summed E-state index contributed by atoms with van der Waals surface area (Å²) in [6, 6.07) is 3.47. The minimum absolute atomic E-state index is 0.130. The first-order valence-electron chi connectivity index (χ1n) is 7.98. The van der Waals surface area contributed by atoms with Crippen LogP contribution < -0.4 is 9.04 Å². The van der Waals surface area contributed by atoms with E-state index in [0.717, 1.165) is 32.8 Å². The standard InChI is InChI=1S/C15H23N3O4S/c1-13-12-18(14-4-2-5-16-15(14)22-13)23(19,20)11-3-6-17-7-9-21-10-8-17/h2,4-5,13H,3,6-12H2,1H3/t13-/m1/s1. The van der Waals surface area contributed by atoms with Crippen molar-refractivity contribution in [1.82, 2.24) is 9.88 Å². The Morgan fingerprint density at radius 1 is 1.35 bits per heavy atom. The van der Waals surface area contributed by atoms with E-state index in [1.807, 2.05) is 6.92 Å². The summed E-state index contributed by atoms with van der Waals surface area (Å²) >= 11 is 0. The topological polar surface area (TPSA) is 72.0 Å². The zero-order valence-electron chi connectivity index (χ0n) is 13.3. The summed E-state index contributed by atoms with van der Waals surface area (Å²) in [7, 11) is -3.38. The summed E-state index contributed by atoms with van der Waals surface area (Å²) in [6.45, 7) is 6.18. The van der Waals surface area contributed by atoms with Crippen molar-refractivity contribution in [2.24, 2.45) is 0 Å². The average Bonchev–Trinajstić information content (AvgIpc) is 2.55. The SMILES string of the molecule is C[C@@H]1CN(S(=O)(=O)CCCN2CCOCC2)c2cccnc2O1. The molecule has 7 nitrogen and oxygen atoms in total. The molecule has 1 fully saturated rings. The largest absolute Gasteiger partial charge is 0.471 e. The highest BCUT2D eigenvalue weighted by Crippen LogP contribution is 2.32. The molecule has 1 aromatic rings. The molecule has 0 N–H and O–H groups in total. The number of ether oxygens (including phenoxy) is 2. The molecule has 1 atom stereocenters. The molecule has 3 heterocycles. The first-order valence-corrected chi connectivity index (χ1v) is 9.59. The highest BCUT2D eigenvalue weighted by Gasteiger charge is 2.32. The van der Waals surface area contributed by atoms with Gasteiger partial charge in [0.2, 0.25) is 15.9 Å². The summed E-state index contributed by atoms with van der Waals surface area (Å²) < 4.78 is 37.8. The Morgan fingerprint density at radius 2 is 2.13 bits per heavy atom. The number of nitrogens with zero attached hydrogens (tertiary/aromatic N) is 3. The molecule has 2 aliphatic heterocycles. The molecule has 0 bridgehead atoms. The van der Waals surface area contributed by atoms with Gasteiger partial charge in [-0.3, -0.25) is 9.21 Å². The Kier molecular flexibility index (Phi) is 5.03. The van der Waals surface area contributed by atoms with Crippen LogP contribution in [-0.4, -0.2) is 69.6 Å². The van der Waals surface area contributed by atoms with E-state index in [2.05, 4.69) is 9.88 Å². The molecule has 0 spiro atoms. The summed E-state index contributed by atoms with van der Waals surface area (Å²) in [5, 5.41) is 0. The average molecular weight is 341 g/mol. The molecule has 1 aromatic heterocycles. The molecule has 0 radical (unpaired) electrons. The molecule has 2 aliphatic rings. The third kappa shape index (κ3) is 3.94. The second kappa shape index (κ2) is 7.02. The monoisotopic (exact) mass is 341 g/mol. The fourth-order valence-electron chi connectivity index (χ4n) is 2.89. The van der Waals surface area contributed by atoms with E-state index in [-0.39, 0.29) is 11.9 Å². The molecule has 3 rings (SSSR count). The van der Waals surface area contributed by atoms with E-state index < -0.39 is 10.0 Å². The van der Waals surface area contributed by atoms with Crippen molar-refractivity contribution < 1.29 is 17.9 Å². The smallest absolute Gasteiger partial charge is 0.238 e. The molecule has 1 saturated heterocycles. The Hall–Kier alpha value is -1.38. The van der Waals surface area contributed by atoms with Gasteiger partial charge in [-0.25, -0.2) is 13.4 Å². The lowest BCUT2D eigenvalue weighted by molar-refractivity contribution is 0.0381. The quantitative estimate of drug-likeness (QED) is 0.786. The lowest BCUT2D eigenvalue weighted by atomic mass is 10.3. The number of aromatic nitrogens is 1. The maximum Gasteiger partial charge on any atom is 0.238 e. The van der Waals surface area contributed by atoms with Crippen molar-refractivity contribution in [3.8, 4) is 5.88 Å². The number of fused-ring (bicyclic) bond motifs is 1. The molecule has 0 unspecified atom stereocenters. The van der Waals surface area contributed by atoms with Crippen LogP contribution in [0.3, 0.4) is 0 Å². The number of sulfonamides is 1. The van der Waals surface area contributed by atoms with E-state index in [0.29, 0.717) is 24.5 Å². The van der Waals surface area contributed by atoms with Crippen LogP contribution in [0.4, 0.5) is 5.69 Å². The van der Waals surface area contributed by atoms with Crippen LogP contribution in [0.25, 0.3) is 0 Å². The molecular formula is C15H23N3O4S. The van der Waals surface area contributed by atoms with Crippen LogP contribution in [0.5, 0.6) is 5.88 Å². The minimum atomic E-state index is -3.38. The van der Waals surface area contributed by atoms with Gasteiger partial charge in [-0.05, 0) is 32.0 Å². The predicted molar refractivity (Wildman–Crippen MR) is 87.3 cm³/mol. The van der Waals surface area contributed by atoms with Gasteiger partial charge in [0.15, 0.2) is 0 Å². The van der Waals surface area contributed by atoms with E-state index >= 15 is 0 Å². The van der Waals surface area contributed by atoms with Gasteiger partial charge in [-0.2, -0.15) is 0 Å². The fraction of sp³-hybridized carbons (Fsp3) is 0.667. The summed E-state index contributed by atoms with van der Waals surface area (Å²) in [6.07, 6.45) is 2.02. The summed E-state index contributed by atoms with van der Waals surface area (Å²) in [5.74, 6) is 0.522. The molecular weight excluding hydrogens is 318 g/mol. The lowest BCUT2D eigenvalue weighted by Gasteiger charge is -2.33. The molecule has 0 aromatic carbocycles. The van der Waals surface area contributed by atoms with Crippen LogP contribution in [0.2, 0.25) is 0 Å². The number of pyridine rings is 1. The Bertz CT molecular complexity index is 631. The number of hydrogen-bond donors (Lipinski definition) is 0. The van der Waals surface area contributed by atoms with Crippen LogP contribution in [0.1, 0.15) is 13.3 Å². The van der Waals surface area contributed by atoms with Gasteiger partial charge in [0, 0.05) is 19.3 Å². The fourth-order valence-corrected chi connectivity index (χ4v) is 4.48. The van der Waals surface area contributed by atoms with Gasteiger partial charge in [-0.15, -0.1) is 0 Å². The van der Waals surface area contributed by atoms with Crippen molar-refractivity contribution >= 4 is 15.7 Å². The van der Waals surface area contributed by atoms with Gasteiger partial charge in [-0.1, -0.05) is 0 Å². The number of hydrogen-bond acceptors (Lipinski definition) is 6. The minimum Gasteiger partial charge on any atom is -0.471 e. The van der Waals surface area contributed by atoms with Crippen molar-refractivity contribution in [3.05, 3.63) is 18.3 Å². The van der Waals surface area contributed by atoms with E-state index in [1.54, 1.807) is 18.3 Å². The molecule has 0 amide bonds. The predicted octanol–water partition coefficient (Wildman–Crippen LogP) is 0.721. The first-order chi connectivity index (χ1) is 11.1. The maximum absolute atomic E-state index is 12.7. The summed E-state index contributed by atoms with van der Waals surface area (Å²) in [4.78, 5) is 6.38. The molecule has 0 saturated carbocycles. The van der Waals surface area contributed by atoms with Crippen molar-refractivity contribution in [2.45, 2.75) is 19.4 Å². The van der Waals surface area contributed by atoms with Crippen molar-refractivity contribution in [2.75, 3.05) is 49.5 Å². The molecule has 23 heavy (non-hydrogen) atoms. The van der Waals surface area contributed by atoms with Gasteiger partial charge >= 0.3 is 0 Å². The first kappa shape index (κ1) is 16.5. The molecule has 0 aliphatic carbocycles. The highest BCUT2D eigenvalue weighted by molar-refractivity contribution is 7.92. The van der Waals surface area contributed by atoms with Crippen LogP contribution in [0.15, 0.2) is 18.3 Å².